The zero-order chi connectivity index (χ0) is 14.7. The molecule has 3 aromatic rings. The molecule has 1 atom stereocenters. The Morgan fingerprint density at radius 2 is 2.19 bits per heavy atom. The first-order valence-corrected chi connectivity index (χ1v) is 7.14. The lowest BCUT2D eigenvalue weighted by Gasteiger charge is -2.11. The Labute approximate surface area is 124 Å². The van der Waals surface area contributed by atoms with Crippen molar-refractivity contribution >= 4 is 34.7 Å². The highest BCUT2D eigenvalue weighted by Crippen LogP contribution is 2.22. The zero-order valence-corrected chi connectivity index (χ0v) is 12.0. The van der Waals surface area contributed by atoms with Crippen LogP contribution in [-0.4, -0.2) is 36.1 Å². The minimum atomic E-state index is -0.298. The highest BCUT2D eigenvalue weighted by atomic mass is 32.2. The number of hydrogen-bond acceptors (Lipinski definition) is 6. The van der Waals surface area contributed by atoms with Gasteiger partial charge >= 0.3 is 0 Å². The topological polar surface area (TPSA) is 96.5 Å². The lowest BCUT2D eigenvalue weighted by Crippen LogP contribution is -2.23. The number of rotatable bonds is 4. The van der Waals surface area contributed by atoms with Gasteiger partial charge in [-0.15, -0.1) is 0 Å². The Morgan fingerprint density at radius 1 is 1.29 bits per heavy atom. The van der Waals surface area contributed by atoms with Crippen molar-refractivity contribution in [3.63, 3.8) is 0 Å². The minimum absolute atomic E-state index is 0.153. The number of nitrogens with zero attached hydrogens (tertiary/aromatic N) is 4. The molecular formula is C13H12N6OS. The van der Waals surface area contributed by atoms with E-state index in [9.17, 15) is 4.79 Å². The number of carbonyl (C=O) groups is 1. The lowest BCUT2D eigenvalue weighted by molar-refractivity contribution is -0.115. The first-order chi connectivity index (χ1) is 10.2. The summed E-state index contributed by atoms with van der Waals surface area (Å²) in [7, 11) is 0. The molecule has 0 bridgehead atoms. The minimum Gasteiger partial charge on any atom is -0.340 e. The maximum Gasteiger partial charge on any atom is 0.238 e. The summed E-state index contributed by atoms with van der Waals surface area (Å²) in [5.41, 5.74) is 1.13. The summed E-state index contributed by atoms with van der Waals surface area (Å²) in [6, 6.07) is 5.59. The molecule has 1 amide bonds. The third-order valence-corrected chi connectivity index (χ3v) is 3.82. The van der Waals surface area contributed by atoms with E-state index in [2.05, 4.69) is 30.2 Å². The van der Waals surface area contributed by atoms with Crippen molar-refractivity contribution in [2.75, 3.05) is 5.32 Å². The average molecular weight is 300 g/mol. The molecule has 3 rings (SSSR count). The summed E-state index contributed by atoms with van der Waals surface area (Å²) < 4.78 is 0. The number of imidazole rings is 1. The van der Waals surface area contributed by atoms with E-state index in [1.165, 1.54) is 24.4 Å². The van der Waals surface area contributed by atoms with Crippen molar-refractivity contribution in [3.05, 3.63) is 37.1 Å². The van der Waals surface area contributed by atoms with Crippen LogP contribution in [0.1, 0.15) is 6.92 Å². The average Bonchev–Trinajstić information content (AvgIpc) is 2.98. The third-order valence-electron chi connectivity index (χ3n) is 2.77. The summed E-state index contributed by atoms with van der Waals surface area (Å²) in [4.78, 5) is 31.4. The second-order valence-corrected chi connectivity index (χ2v) is 5.60. The summed E-state index contributed by atoms with van der Waals surface area (Å²) >= 11 is 1.39. The number of H-pyrrole nitrogens is 1. The van der Waals surface area contributed by atoms with Gasteiger partial charge in [0, 0.05) is 6.20 Å². The zero-order valence-electron chi connectivity index (χ0n) is 11.1. The van der Waals surface area contributed by atoms with Crippen LogP contribution >= 0.6 is 11.8 Å². The van der Waals surface area contributed by atoms with Crippen molar-refractivity contribution in [2.24, 2.45) is 0 Å². The van der Waals surface area contributed by atoms with Crippen LogP contribution in [0.5, 0.6) is 0 Å². The van der Waals surface area contributed by atoms with Crippen LogP contribution in [0.3, 0.4) is 0 Å². The number of anilines is 1. The monoisotopic (exact) mass is 300 g/mol. The normalized spacial score (nSPS) is 12.2. The van der Waals surface area contributed by atoms with Gasteiger partial charge in [-0.25, -0.2) is 19.9 Å². The molecule has 0 radical (unpaired) electrons. The van der Waals surface area contributed by atoms with E-state index < -0.39 is 0 Å². The van der Waals surface area contributed by atoms with Gasteiger partial charge in [-0.3, -0.25) is 4.79 Å². The van der Waals surface area contributed by atoms with Crippen LogP contribution < -0.4 is 5.32 Å². The number of amides is 1. The van der Waals surface area contributed by atoms with Crippen LogP contribution in [0.2, 0.25) is 0 Å². The van der Waals surface area contributed by atoms with Crippen molar-refractivity contribution in [1.29, 1.82) is 0 Å². The van der Waals surface area contributed by atoms with Crippen LogP contribution in [0.4, 0.5) is 5.82 Å². The number of pyridine rings is 1. The van der Waals surface area contributed by atoms with Gasteiger partial charge in [-0.1, -0.05) is 17.8 Å². The molecular weight excluding hydrogens is 288 g/mol. The second-order valence-electron chi connectivity index (χ2n) is 4.24. The highest BCUT2D eigenvalue weighted by molar-refractivity contribution is 8.00. The van der Waals surface area contributed by atoms with Gasteiger partial charge in [0.2, 0.25) is 5.91 Å². The van der Waals surface area contributed by atoms with Crippen LogP contribution in [0.15, 0.2) is 42.1 Å². The van der Waals surface area contributed by atoms with E-state index in [0.29, 0.717) is 17.0 Å². The van der Waals surface area contributed by atoms with Gasteiger partial charge < -0.3 is 10.3 Å². The van der Waals surface area contributed by atoms with Crippen molar-refractivity contribution in [2.45, 2.75) is 17.2 Å². The molecule has 3 heterocycles. The Hall–Kier alpha value is -2.48. The number of aromatic nitrogens is 5. The van der Waals surface area contributed by atoms with E-state index in [-0.39, 0.29) is 11.2 Å². The number of fused-ring (bicyclic) bond motifs is 1. The predicted molar refractivity (Wildman–Crippen MR) is 79.9 cm³/mol. The van der Waals surface area contributed by atoms with Gasteiger partial charge in [0.25, 0.3) is 0 Å². The van der Waals surface area contributed by atoms with Crippen molar-refractivity contribution in [3.8, 4) is 0 Å². The standard InChI is InChI=1S/C13H12N6OS/c1-8(21-9-4-2-3-5-14-9)13(20)19-12-10-11(16-6-15-10)17-7-18-12/h2-8H,1H3,(H2,15,16,17,18,19,20). The maximum absolute atomic E-state index is 12.2. The molecule has 0 spiro atoms. The van der Waals surface area contributed by atoms with Gasteiger partial charge in [0.15, 0.2) is 11.5 Å². The Balaban J connectivity index is 1.72. The number of hydrogen-bond donors (Lipinski definition) is 2. The number of nitrogens with one attached hydrogen (secondary N) is 2. The molecule has 0 saturated carbocycles. The number of thioether (sulfide) groups is 1. The summed E-state index contributed by atoms with van der Waals surface area (Å²) in [6.45, 7) is 1.82. The Kier molecular flexibility index (Phi) is 3.78. The molecule has 0 aliphatic heterocycles. The van der Waals surface area contributed by atoms with E-state index in [0.717, 1.165) is 5.03 Å². The van der Waals surface area contributed by atoms with Gasteiger partial charge in [0.1, 0.15) is 11.8 Å². The lowest BCUT2D eigenvalue weighted by atomic mass is 10.4. The summed E-state index contributed by atoms with van der Waals surface area (Å²) in [5, 5.41) is 3.28. The van der Waals surface area contributed by atoms with E-state index in [1.807, 2.05) is 25.1 Å². The first kappa shape index (κ1) is 13.5. The molecule has 106 valence electrons. The molecule has 8 heteroatoms. The number of aromatic amines is 1. The van der Waals surface area contributed by atoms with E-state index in [4.69, 9.17) is 0 Å². The quantitative estimate of drug-likeness (QED) is 0.714. The fourth-order valence-corrected chi connectivity index (χ4v) is 2.54. The maximum atomic E-state index is 12.2. The largest absolute Gasteiger partial charge is 0.340 e. The third kappa shape index (κ3) is 3.00. The summed E-state index contributed by atoms with van der Waals surface area (Å²) in [6.07, 6.45) is 4.59. The molecule has 0 aliphatic carbocycles. The van der Waals surface area contributed by atoms with E-state index >= 15 is 0 Å². The van der Waals surface area contributed by atoms with Crippen molar-refractivity contribution in [1.82, 2.24) is 24.9 Å². The van der Waals surface area contributed by atoms with Crippen LogP contribution in [0, 0.1) is 0 Å². The molecule has 1 unspecified atom stereocenters. The van der Waals surface area contributed by atoms with Crippen LogP contribution in [-0.2, 0) is 4.79 Å². The molecule has 3 aromatic heterocycles. The Bertz CT molecular complexity index is 759. The molecule has 0 aliphatic rings. The van der Waals surface area contributed by atoms with Crippen molar-refractivity contribution < 1.29 is 4.79 Å². The molecule has 2 N–H and O–H groups in total. The van der Waals surface area contributed by atoms with Gasteiger partial charge in [-0.2, -0.15) is 0 Å². The van der Waals surface area contributed by atoms with E-state index in [1.54, 1.807) is 6.20 Å². The smallest absolute Gasteiger partial charge is 0.238 e. The molecule has 0 aromatic carbocycles. The molecule has 0 fully saturated rings. The molecule has 0 saturated heterocycles. The summed E-state index contributed by atoms with van der Waals surface area (Å²) in [5.74, 6) is 0.274. The van der Waals surface area contributed by atoms with Gasteiger partial charge in [0.05, 0.1) is 16.6 Å². The van der Waals surface area contributed by atoms with Gasteiger partial charge in [-0.05, 0) is 19.1 Å². The SMILES string of the molecule is CC(Sc1ccccn1)C(=O)Nc1ncnc2nc[nH]c12. The predicted octanol–water partition coefficient (Wildman–Crippen LogP) is 1.87. The Morgan fingerprint density at radius 3 is 3.00 bits per heavy atom. The first-order valence-electron chi connectivity index (χ1n) is 6.26. The highest BCUT2D eigenvalue weighted by Gasteiger charge is 2.17. The number of carbonyl (C=O) groups excluding carboxylic acids is 1. The second kappa shape index (κ2) is 5.88. The fraction of sp³-hybridized carbons (Fsp3) is 0.154. The molecule has 21 heavy (non-hydrogen) atoms. The molecule has 7 nitrogen and oxygen atoms in total. The fourth-order valence-electron chi connectivity index (χ4n) is 1.73. The van der Waals surface area contributed by atoms with Crippen LogP contribution in [0.25, 0.3) is 11.2 Å².